The van der Waals surface area contributed by atoms with Gasteiger partial charge in [-0.05, 0) is 17.7 Å². The van der Waals surface area contributed by atoms with Crippen molar-refractivity contribution < 1.29 is 14.7 Å². The molecule has 2 rings (SSSR count). The van der Waals surface area contributed by atoms with Crippen LogP contribution in [0.1, 0.15) is 28.4 Å². The first-order valence-electron chi connectivity index (χ1n) is 7.63. The van der Waals surface area contributed by atoms with E-state index in [1.165, 1.54) is 0 Å². The zero-order chi connectivity index (χ0) is 17.4. The summed E-state index contributed by atoms with van der Waals surface area (Å²) in [6.07, 6.45) is 0.593. The van der Waals surface area contributed by atoms with Gasteiger partial charge in [0.15, 0.2) is 0 Å². The van der Waals surface area contributed by atoms with Crippen LogP contribution in [0.5, 0.6) is 0 Å². The van der Waals surface area contributed by atoms with E-state index in [1.807, 2.05) is 6.07 Å². The molecular weight excluding hydrogens is 304 g/mol. The molecule has 1 unspecified atom stereocenters. The van der Waals surface area contributed by atoms with Crippen molar-refractivity contribution in [1.82, 2.24) is 5.32 Å². The number of para-hydroxylation sites is 1. The molecular formula is C19H20N2O3. The third-order valence-corrected chi connectivity index (χ3v) is 3.42. The van der Waals surface area contributed by atoms with Gasteiger partial charge in [-0.15, -0.1) is 6.58 Å². The van der Waals surface area contributed by atoms with Crippen molar-refractivity contribution >= 4 is 17.5 Å². The van der Waals surface area contributed by atoms with Crippen molar-refractivity contribution in [2.24, 2.45) is 0 Å². The third-order valence-electron chi connectivity index (χ3n) is 3.42. The van der Waals surface area contributed by atoms with Crippen LogP contribution in [-0.4, -0.2) is 23.5 Å². The second kappa shape index (κ2) is 8.64. The van der Waals surface area contributed by atoms with Gasteiger partial charge in [-0.25, -0.2) is 0 Å². The molecule has 0 heterocycles. The maximum absolute atomic E-state index is 12.2. The van der Waals surface area contributed by atoms with Crippen LogP contribution in [0.3, 0.4) is 0 Å². The zero-order valence-electron chi connectivity index (χ0n) is 13.2. The number of carbonyl (C=O) groups is 2. The number of anilines is 1. The van der Waals surface area contributed by atoms with Crippen LogP contribution in [0.2, 0.25) is 0 Å². The highest BCUT2D eigenvalue weighted by molar-refractivity contribution is 6.03. The van der Waals surface area contributed by atoms with Crippen LogP contribution in [0.4, 0.5) is 5.69 Å². The molecule has 3 N–H and O–H groups in total. The van der Waals surface area contributed by atoms with E-state index in [4.69, 9.17) is 0 Å². The number of rotatable bonds is 7. The molecule has 0 saturated carbocycles. The molecule has 0 radical (unpaired) electrons. The maximum Gasteiger partial charge on any atom is 0.253 e. The number of aliphatic hydroxyl groups is 1. The maximum atomic E-state index is 12.2. The minimum Gasteiger partial charge on any atom is -0.388 e. The van der Waals surface area contributed by atoms with E-state index < -0.39 is 6.10 Å². The van der Waals surface area contributed by atoms with E-state index in [0.29, 0.717) is 23.4 Å². The van der Waals surface area contributed by atoms with Crippen molar-refractivity contribution in [2.45, 2.75) is 12.5 Å². The van der Waals surface area contributed by atoms with E-state index >= 15 is 0 Å². The van der Waals surface area contributed by atoms with E-state index in [2.05, 4.69) is 17.2 Å². The molecule has 0 aliphatic carbocycles. The van der Waals surface area contributed by atoms with Crippen LogP contribution < -0.4 is 10.6 Å². The monoisotopic (exact) mass is 324 g/mol. The van der Waals surface area contributed by atoms with Crippen LogP contribution in [0, 0.1) is 0 Å². The van der Waals surface area contributed by atoms with Crippen LogP contribution in [0.25, 0.3) is 0 Å². The summed E-state index contributed by atoms with van der Waals surface area (Å²) in [5.41, 5.74) is 1.44. The lowest BCUT2D eigenvalue weighted by Gasteiger charge is -2.13. The van der Waals surface area contributed by atoms with Crippen LogP contribution in [0.15, 0.2) is 67.3 Å². The molecule has 0 bridgehead atoms. The SMILES string of the molecule is C=CCNC(=O)c1ccccc1NC(=O)CC(O)c1ccccc1. The van der Waals surface area contributed by atoms with Gasteiger partial charge in [0.2, 0.25) is 5.91 Å². The molecule has 5 nitrogen and oxygen atoms in total. The Bertz CT molecular complexity index is 714. The lowest BCUT2D eigenvalue weighted by molar-refractivity contribution is -0.118. The van der Waals surface area contributed by atoms with Crippen molar-refractivity contribution in [3.8, 4) is 0 Å². The standard InChI is InChI=1S/C19H20N2O3/c1-2-12-20-19(24)15-10-6-7-11-16(15)21-18(23)13-17(22)14-8-4-3-5-9-14/h2-11,17,22H,1,12-13H2,(H,20,24)(H,21,23). The van der Waals surface area contributed by atoms with Crippen molar-refractivity contribution in [2.75, 3.05) is 11.9 Å². The molecule has 2 aromatic rings. The average molecular weight is 324 g/mol. The van der Waals surface area contributed by atoms with Gasteiger partial charge in [-0.3, -0.25) is 9.59 Å². The number of hydrogen-bond acceptors (Lipinski definition) is 3. The molecule has 0 fully saturated rings. The Balaban J connectivity index is 2.04. The summed E-state index contributed by atoms with van der Waals surface area (Å²) in [5, 5.41) is 15.5. The predicted octanol–water partition coefficient (Wildman–Crippen LogP) is 2.66. The second-order valence-corrected chi connectivity index (χ2v) is 5.22. The molecule has 1 atom stereocenters. The first-order valence-corrected chi connectivity index (χ1v) is 7.63. The largest absolute Gasteiger partial charge is 0.388 e. The topological polar surface area (TPSA) is 78.4 Å². The van der Waals surface area contributed by atoms with Gasteiger partial charge in [0, 0.05) is 6.54 Å². The highest BCUT2D eigenvalue weighted by atomic mass is 16.3. The molecule has 5 heteroatoms. The molecule has 0 aliphatic rings. The second-order valence-electron chi connectivity index (χ2n) is 5.22. The first kappa shape index (κ1) is 17.4. The highest BCUT2D eigenvalue weighted by Crippen LogP contribution is 2.19. The normalized spacial score (nSPS) is 11.4. The minimum atomic E-state index is -0.895. The summed E-state index contributed by atoms with van der Waals surface area (Å²) in [4.78, 5) is 24.3. The molecule has 24 heavy (non-hydrogen) atoms. The summed E-state index contributed by atoms with van der Waals surface area (Å²) in [6.45, 7) is 3.89. The summed E-state index contributed by atoms with van der Waals surface area (Å²) >= 11 is 0. The minimum absolute atomic E-state index is 0.0907. The summed E-state index contributed by atoms with van der Waals surface area (Å²) in [5.74, 6) is -0.662. The van der Waals surface area contributed by atoms with Gasteiger partial charge in [-0.1, -0.05) is 48.5 Å². The zero-order valence-corrected chi connectivity index (χ0v) is 13.2. The van der Waals surface area contributed by atoms with Crippen molar-refractivity contribution in [3.05, 3.63) is 78.4 Å². The quantitative estimate of drug-likeness (QED) is 0.685. The lowest BCUT2D eigenvalue weighted by Crippen LogP contribution is -2.25. The smallest absolute Gasteiger partial charge is 0.253 e. The number of hydrogen-bond donors (Lipinski definition) is 3. The highest BCUT2D eigenvalue weighted by Gasteiger charge is 2.16. The molecule has 0 aromatic heterocycles. The predicted molar refractivity (Wildman–Crippen MR) is 93.6 cm³/mol. The Hall–Kier alpha value is -2.92. The Kier molecular flexibility index (Phi) is 6.28. The van der Waals surface area contributed by atoms with E-state index in [0.717, 1.165) is 0 Å². The lowest BCUT2D eigenvalue weighted by atomic mass is 10.1. The van der Waals surface area contributed by atoms with Crippen LogP contribution >= 0.6 is 0 Å². The van der Waals surface area contributed by atoms with Gasteiger partial charge >= 0.3 is 0 Å². The Morgan fingerprint density at radius 3 is 2.46 bits per heavy atom. The van der Waals surface area contributed by atoms with E-state index in [9.17, 15) is 14.7 Å². The Labute approximate surface area is 141 Å². The third kappa shape index (κ3) is 4.79. The van der Waals surface area contributed by atoms with Crippen LogP contribution in [-0.2, 0) is 4.79 Å². The molecule has 0 aliphatic heterocycles. The van der Waals surface area contributed by atoms with Gasteiger partial charge < -0.3 is 15.7 Å². The van der Waals surface area contributed by atoms with Crippen molar-refractivity contribution in [3.63, 3.8) is 0 Å². The summed E-state index contributed by atoms with van der Waals surface area (Å²) in [6, 6.07) is 15.7. The fourth-order valence-electron chi connectivity index (χ4n) is 2.22. The number of nitrogens with one attached hydrogen (secondary N) is 2. The summed E-state index contributed by atoms with van der Waals surface area (Å²) in [7, 11) is 0. The Morgan fingerprint density at radius 2 is 1.75 bits per heavy atom. The number of amides is 2. The van der Waals surface area contributed by atoms with Gasteiger partial charge in [0.25, 0.3) is 5.91 Å². The molecule has 124 valence electrons. The first-order chi connectivity index (χ1) is 11.6. The Morgan fingerprint density at radius 1 is 1.08 bits per heavy atom. The molecule has 0 spiro atoms. The number of aliphatic hydroxyl groups excluding tert-OH is 1. The fourth-order valence-corrected chi connectivity index (χ4v) is 2.22. The molecule has 2 aromatic carbocycles. The number of carbonyl (C=O) groups excluding carboxylic acids is 2. The van der Waals surface area contributed by atoms with E-state index in [1.54, 1.807) is 54.6 Å². The summed E-state index contributed by atoms with van der Waals surface area (Å²) < 4.78 is 0. The van der Waals surface area contributed by atoms with Gasteiger partial charge in [-0.2, -0.15) is 0 Å². The van der Waals surface area contributed by atoms with Crippen molar-refractivity contribution in [1.29, 1.82) is 0 Å². The fraction of sp³-hybridized carbons (Fsp3) is 0.158. The average Bonchev–Trinajstić information content (AvgIpc) is 2.60. The molecule has 2 amide bonds. The van der Waals surface area contributed by atoms with E-state index in [-0.39, 0.29) is 18.2 Å². The molecule has 0 saturated heterocycles. The van der Waals surface area contributed by atoms with Gasteiger partial charge in [0.1, 0.15) is 0 Å². The number of benzene rings is 2. The van der Waals surface area contributed by atoms with Gasteiger partial charge in [0.05, 0.1) is 23.8 Å².